The third-order valence-electron chi connectivity index (χ3n) is 3.42. The SMILES string of the molecule is CC(C)c1cc(CC(=O)c2ncccc2C(F)(F)F)ccc1F. The number of nitrogens with zero attached hydrogens (tertiary/aromatic N) is 1. The van der Waals surface area contributed by atoms with Crippen LogP contribution in [0, 0.1) is 5.82 Å². The molecule has 2 nitrogen and oxygen atoms in total. The Morgan fingerprint density at radius 2 is 1.91 bits per heavy atom. The van der Waals surface area contributed by atoms with Crippen molar-refractivity contribution in [3.8, 4) is 0 Å². The molecule has 1 heterocycles. The monoisotopic (exact) mass is 325 g/mol. The lowest BCUT2D eigenvalue weighted by Gasteiger charge is -2.12. The summed E-state index contributed by atoms with van der Waals surface area (Å²) < 4.78 is 52.4. The van der Waals surface area contributed by atoms with Gasteiger partial charge in [0.05, 0.1) is 5.56 Å². The van der Waals surface area contributed by atoms with Gasteiger partial charge in [-0.3, -0.25) is 9.78 Å². The van der Waals surface area contributed by atoms with Crippen molar-refractivity contribution in [3.05, 3.63) is 64.7 Å². The van der Waals surface area contributed by atoms with Crippen LogP contribution in [0.5, 0.6) is 0 Å². The van der Waals surface area contributed by atoms with Gasteiger partial charge < -0.3 is 0 Å². The van der Waals surface area contributed by atoms with Gasteiger partial charge in [-0.25, -0.2) is 4.39 Å². The van der Waals surface area contributed by atoms with Crippen LogP contribution < -0.4 is 0 Å². The molecule has 0 aliphatic rings. The molecular weight excluding hydrogens is 310 g/mol. The van der Waals surface area contributed by atoms with Crippen molar-refractivity contribution in [2.24, 2.45) is 0 Å². The molecule has 2 rings (SSSR count). The van der Waals surface area contributed by atoms with Crippen molar-refractivity contribution in [2.45, 2.75) is 32.4 Å². The summed E-state index contributed by atoms with van der Waals surface area (Å²) in [5.41, 5.74) is -0.794. The zero-order valence-electron chi connectivity index (χ0n) is 12.6. The van der Waals surface area contributed by atoms with Gasteiger partial charge >= 0.3 is 6.18 Å². The Kier molecular flexibility index (Phi) is 4.82. The van der Waals surface area contributed by atoms with Gasteiger partial charge in [-0.2, -0.15) is 13.2 Å². The second-order valence-electron chi connectivity index (χ2n) is 5.51. The minimum atomic E-state index is -4.65. The molecule has 1 aromatic heterocycles. The minimum Gasteiger partial charge on any atom is -0.292 e. The van der Waals surface area contributed by atoms with Crippen LogP contribution in [0.1, 0.15) is 46.9 Å². The molecule has 0 unspecified atom stereocenters. The van der Waals surface area contributed by atoms with Crippen molar-refractivity contribution in [3.63, 3.8) is 0 Å². The van der Waals surface area contributed by atoms with E-state index in [0.29, 0.717) is 11.1 Å². The first-order chi connectivity index (χ1) is 10.7. The van der Waals surface area contributed by atoms with Crippen LogP contribution in [0.3, 0.4) is 0 Å². The molecule has 122 valence electrons. The number of aromatic nitrogens is 1. The summed E-state index contributed by atoms with van der Waals surface area (Å²) >= 11 is 0. The lowest BCUT2D eigenvalue weighted by Crippen LogP contribution is -2.16. The maximum absolute atomic E-state index is 13.7. The summed E-state index contributed by atoms with van der Waals surface area (Å²) in [4.78, 5) is 15.8. The average molecular weight is 325 g/mol. The maximum atomic E-state index is 13.7. The summed E-state index contributed by atoms with van der Waals surface area (Å²) in [6.07, 6.45) is -3.77. The molecule has 0 fully saturated rings. The van der Waals surface area contributed by atoms with E-state index in [1.54, 1.807) is 13.8 Å². The molecular formula is C17H15F4NO. The molecule has 0 radical (unpaired) electrons. The molecule has 0 amide bonds. The van der Waals surface area contributed by atoms with E-state index in [1.807, 2.05) is 0 Å². The summed E-state index contributed by atoms with van der Waals surface area (Å²) in [6.45, 7) is 3.59. The van der Waals surface area contributed by atoms with Crippen LogP contribution in [0.25, 0.3) is 0 Å². The van der Waals surface area contributed by atoms with E-state index >= 15 is 0 Å². The highest BCUT2D eigenvalue weighted by Gasteiger charge is 2.35. The largest absolute Gasteiger partial charge is 0.418 e. The highest BCUT2D eigenvalue weighted by atomic mass is 19.4. The van der Waals surface area contributed by atoms with Gasteiger partial charge in [0.1, 0.15) is 11.5 Å². The molecule has 0 atom stereocenters. The molecule has 0 N–H and O–H groups in total. The van der Waals surface area contributed by atoms with Gasteiger partial charge in [0.25, 0.3) is 0 Å². The molecule has 0 spiro atoms. The predicted octanol–water partition coefficient (Wildman–Crippen LogP) is 4.79. The molecule has 1 aromatic carbocycles. The zero-order chi connectivity index (χ0) is 17.2. The number of rotatable bonds is 4. The molecule has 0 saturated heterocycles. The fourth-order valence-corrected chi connectivity index (χ4v) is 2.27. The number of carbonyl (C=O) groups excluding carboxylic acids is 1. The highest BCUT2D eigenvalue weighted by Crippen LogP contribution is 2.31. The van der Waals surface area contributed by atoms with E-state index < -0.39 is 29.0 Å². The Balaban J connectivity index is 2.32. The van der Waals surface area contributed by atoms with E-state index in [9.17, 15) is 22.4 Å². The Morgan fingerprint density at radius 3 is 2.52 bits per heavy atom. The van der Waals surface area contributed by atoms with Gasteiger partial charge in [0.15, 0.2) is 5.78 Å². The van der Waals surface area contributed by atoms with Gasteiger partial charge in [0, 0.05) is 12.6 Å². The zero-order valence-corrected chi connectivity index (χ0v) is 12.6. The van der Waals surface area contributed by atoms with Crippen molar-refractivity contribution in [1.29, 1.82) is 0 Å². The normalized spacial score (nSPS) is 11.8. The van der Waals surface area contributed by atoms with E-state index in [0.717, 1.165) is 18.3 Å². The molecule has 0 aliphatic heterocycles. The summed E-state index contributed by atoms with van der Waals surface area (Å²) in [7, 11) is 0. The Hall–Kier alpha value is -2.24. The van der Waals surface area contributed by atoms with Crippen LogP contribution >= 0.6 is 0 Å². The number of Topliss-reactive ketones (excluding diaryl/α,β-unsaturated/α-hetero) is 1. The van der Waals surface area contributed by atoms with Crippen LogP contribution in [0.2, 0.25) is 0 Å². The topological polar surface area (TPSA) is 30.0 Å². The van der Waals surface area contributed by atoms with Crippen molar-refractivity contribution in [1.82, 2.24) is 4.98 Å². The maximum Gasteiger partial charge on any atom is 0.418 e. The lowest BCUT2D eigenvalue weighted by molar-refractivity contribution is -0.138. The molecule has 6 heteroatoms. The number of alkyl halides is 3. The van der Waals surface area contributed by atoms with Crippen molar-refractivity contribution >= 4 is 5.78 Å². The van der Waals surface area contributed by atoms with Crippen molar-refractivity contribution in [2.75, 3.05) is 0 Å². The minimum absolute atomic E-state index is 0.0920. The van der Waals surface area contributed by atoms with Crippen LogP contribution in [0.4, 0.5) is 17.6 Å². The van der Waals surface area contributed by atoms with Crippen molar-refractivity contribution < 1.29 is 22.4 Å². The molecule has 0 aliphatic carbocycles. The quantitative estimate of drug-likeness (QED) is 0.598. The van der Waals surface area contributed by atoms with Gasteiger partial charge in [0.2, 0.25) is 0 Å². The Morgan fingerprint density at radius 1 is 1.22 bits per heavy atom. The fraction of sp³-hybridized carbons (Fsp3) is 0.294. The van der Waals surface area contributed by atoms with E-state index in [2.05, 4.69) is 4.98 Å². The van der Waals surface area contributed by atoms with E-state index in [-0.39, 0.29) is 12.3 Å². The van der Waals surface area contributed by atoms with E-state index in [4.69, 9.17) is 0 Å². The molecule has 0 bridgehead atoms. The Bertz CT molecular complexity index is 723. The summed E-state index contributed by atoms with van der Waals surface area (Å²) in [5.74, 6) is -1.24. The van der Waals surface area contributed by atoms with E-state index in [1.165, 1.54) is 18.2 Å². The number of carbonyl (C=O) groups is 1. The van der Waals surface area contributed by atoms with Gasteiger partial charge in [-0.15, -0.1) is 0 Å². The third kappa shape index (κ3) is 3.94. The fourth-order valence-electron chi connectivity index (χ4n) is 2.27. The van der Waals surface area contributed by atoms with Crippen LogP contribution in [-0.2, 0) is 12.6 Å². The van der Waals surface area contributed by atoms with Crippen LogP contribution in [0.15, 0.2) is 36.5 Å². The second-order valence-corrected chi connectivity index (χ2v) is 5.51. The first kappa shape index (κ1) is 17.1. The Labute approximate surface area is 131 Å². The summed E-state index contributed by atoms with van der Waals surface area (Å²) in [6, 6.07) is 6.09. The molecule has 23 heavy (non-hydrogen) atoms. The van der Waals surface area contributed by atoms with Gasteiger partial charge in [-0.1, -0.05) is 26.0 Å². The first-order valence-electron chi connectivity index (χ1n) is 7.04. The average Bonchev–Trinajstić information content (AvgIpc) is 2.48. The smallest absolute Gasteiger partial charge is 0.292 e. The second kappa shape index (κ2) is 6.48. The first-order valence-corrected chi connectivity index (χ1v) is 7.04. The number of hydrogen-bond acceptors (Lipinski definition) is 2. The highest BCUT2D eigenvalue weighted by molar-refractivity contribution is 5.97. The third-order valence-corrected chi connectivity index (χ3v) is 3.42. The predicted molar refractivity (Wildman–Crippen MR) is 77.8 cm³/mol. The number of halogens is 4. The number of benzene rings is 1. The van der Waals surface area contributed by atoms with Gasteiger partial charge in [-0.05, 0) is 35.2 Å². The lowest BCUT2D eigenvalue weighted by atomic mass is 9.96. The standard InChI is InChI=1S/C17H15F4NO/c1-10(2)12-8-11(5-6-14(12)18)9-15(23)16-13(17(19,20)21)4-3-7-22-16/h3-8,10H,9H2,1-2H3. The summed E-state index contributed by atoms with van der Waals surface area (Å²) in [5, 5.41) is 0. The number of hydrogen-bond donors (Lipinski definition) is 0. The number of pyridine rings is 1. The van der Waals surface area contributed by atoms with Crippen LogP contribution in [-0.4, -0.2) is 10.8 Å². The molecule has 2 aromatic rings. The molecule has 0 saturated carbocycles. The number of ketones is 1.